The second-order valence-corrected chi connectivity index (χ2v) is 4.30. The molecule has 0 radical (unpaired) electrons. The Morgan fingerprint density at radius 3 is 2.52 bits per heavy atom. The lowest BCUT2D eigenvalue weighted by molar-refractivity contribution is -0.117. The molecule has 0 saturated carbocycles. The van der Waals surface area contributed by atoms with E-state index in [2.05, 4.69) is 37.6 Å². The first-order chi connectivity index (χ1) is 10.2. The Morgan fingerprint density at radius 1 is 1.24 bits per heavy atom. The third-order valence-electron chi connectivity index (χ3n) is 2.52. The minimum absolute atomic E-state index is 0.209. The van der Waals surface area contributed by atoms with Gasteiger partial charge in [0.1, 0.15) is 0 Å². The topological polar surface area (TPSA) is 124 Å². The van der Waals surface area contributed by atoms with Gasteiger partial charge >= 0.3 is 0 Å². The van der Waals surface area contributed by atoms with Crippen LogP contribution in [0.2, 0.25) is 0 Å². The highest BCUT2D eigenvalue weighted by atomic mass is 16.1. The number of nitrogens with two attached hydrogens (primary N) is 1. The minimum atomic E-state index is -0.381. The van der Waals surface area contributed by atoms with Crippen LogP contribution in [0, 0.1) is 0 Å². The lowest BCUT2D eigenvalue weighted by atomic mass is 10.4. The maximum atomic E-state index is 10.8. The number of hydrogen-bond donors (Lipinski definition) is 3. The van der Waals surface area contributed by atoms with Gasteiger partial charge in [-0.05, 0) is 12.5 Å². The van der Waals surface area contributed by atoms with Crippen molar-refractivity contribution in [1.29, 1.82) is 0 Å². The number of amides is 1. The summed E-state index contributed by atoms with van der Waals surface area (Å²) in [5.74, 6) is 0.845. The third-order valence-corrected chi connectivity index (χ3v) is 2.52. The molecule has 0 aromatic carbocycles. The molecule has 0 unspecified atom stereocenters. The summed E-state index contributed by atoms with van der Waals surface area (Å²) < 4.78 is 1.54. The van der Waals surface area contributed by atoms with Crippen molar-refractivity contribution in [3.05, 3.63) is 18.5 Å². The van der Waals surface area contributed by atoms with Crippen LogP contribution in [-0.4, -0.2) is 43.7 Å². The zero-order chi connectivity index (χ0) is 15.1. The molecule has 0 aliphatic rings. The molecular formula is C12H18N8O. The van der Waals surface area contributed by atoms with E-state index in [4.69, 9.17) is 5.73 Å². The SMILES string of the molecule is CCCNc1nc(NCCC(N)=O)nc(-n2cccn2)n1. The van der Waals surface area contributed by atoms with E-state index < -0.39 is 0 Å². The van der Waals surface area contributed by atoms with Crippen LogP contribution in [0.4, 0.5) is 11.9 Å². The van der Waals surface area contributed by atoms with E-state index in [9.17, 15) is 4.79 Å². The molecule has 0 bridgehead atoms. The number of anilines is 2. The molecule has 2 aromatic heterocycles. The molecular weight excluding hydrogens is 272 g/mol. The van der Waals surface area contributed by atoms with Crippen LogP contribution in [-0.2, 0) is 4.79 Å². The summed E-state index contributed by atoms with van der Waals surface area (Å²) in [5, 5.41) is 10.1. The van der Waals surface area contributed by atoms with Crippen LogP contribution in [0.3, 0.4) is 0 Å². The second kappa shape index (κ2) is 7.17. The predicted octanol–water partition coefficient (Wildman–Crippen LogP) is 0.167. The fraction of sp³-hybridized carbons (Fsp3) is 0.417. The maximum absolute atomic E-state index is 10.8. The van der Waals surface area contributed by atoms with E-state index in [0.717, 1.165) is 13.0 Å². The van der Waals surface area contributed by atoms with E-state index in [1.54, 1.807) is 18.5 Å². The van der Waals surface area contributed by atoms with Gasteiger partial charge in [-0.3, -0.25) is 4.79 Å². The molecule has 0 aliphatic carbocycles. The number of rotatable bonds is 8. The van der Waals surface area contributed by atoms with Crippen molar-refractivity contribution in [2.75, 3.05) is 23.7 Å². The maximum Gasteiger partial charge on any atom is 0.257 e. The molecule has 1 amide bonds. The van der Waals surface area contributed by atoms with Gasteiger partial charge in [0.15, 0.2) is 0 Å². The van der Waals surface area contributed by atoms with Crippen LogP contribution in [0.1, 0.15) is 19.8 Å². The molecule has 2 heterocycles. The summed E-state index contributed by atoms with van der Waals surface area (Å²) in [6.45, 7) is 3.17. The number of carbonyl (C=O) groups excluding carboxylic acids is 1. The molecule has 0 saturated heterocycles. The first-order valence-electron chi connectivity index (χ1n) is 6.71. The van der Waals surface area contributed by atoms with E-state index in [1.807, 2.05) is 0 Å². The normalized spacial score (nSPS) is 10.3. The Hall–Kier alpha value is -2.71. The van der Waals surface area contributed by atoms with Gasteiger partial charge in [-0.25, -0.2) is 4.68 Å². The Balaban J connectivity index is 2.18. The van der Waals surface area contributed by atoms with Crippen LogP contribution < -0.4 is 16.4 Å². The van der Waals surface area contributed by atoms with E-state index in [0.29, 0.717) is 24.4 Å². The van der Waals surface area contributed by atoms with Gasteiger partial charge in [-0.15, -0.1) is 0 Å². The fourth-order valence-corrected chi connectivity index (χ4v) is 1.55. The Bertz CT molecular complexity index is 583. The third kappa shape index (κ3) is 4.41. The van der Waals surface area contributed by atoms with Crippen LogP contribution in [0.15, 0.2) is 18.5 Å². The molecule has 0 aliphatic heterocycles. The molecule has 2 rings (SSSR count). The summed E-state index contributed by atoms with van der Waals surface area (Å²) in [5.41, 5.74) is 5.10. The average Bonchev–Trinajstić information content (AvgIpc) is 2.99. The Morgan fingerprint density at radius 2 is 1.95 bits per heavy atom. The van der Waals surface area contributed by atoms with Gasteiger partial charge < -0.3 is 16.4 Å². The molecule has 0 spiro atoms. The van der Waals surface area contributed by atoms with Crippen molar-refractivity contribution in [2.24, 2.45) is 5.73 Å². The quantitative estimate of drug-likeness (QED) is 0.633. The van der Waals surface area contributed by atoms with Gasteiger partial charge in [0, 0.05) is 31.9 Å². The second-order valence-electron chi connectivity index (χ2n) is 4.30. The lowest BCUT2D eigenvalue weighted by Gasteiger charge is -2.09. The summed E-state index contributed by atoms with van der Waals surface area (Å²) in [4.78, 5) is 23.5. The van der Waals surface area contributed by atoms with E-state index in [-0.39, 0.29) is 12.3 Å². The molecule has 9 heteroatoms. The zero-order valence-corrected chi connectivity index (χ0v) is 11.8. The molecule has 112 valence electrons. The van der Waals surface area contributed by atoms with Crippen molar-refractivity contribution < 1.29 is 4.79 Å². The summed E-state index contributed by atoms with van der Waals surface area (Å²) in [6.07, 6.45) is 4.54. The Labute approximate surface area is 122 Å². The highest BCUT2D eigenvalue weighted by Crippen LogP contribution is 2.08. The van der Waals surface area contributed by atoms with Crippen molar-refractivity contribution in [1.82, 2.24) is 24.7 Å². The van der Waals surface area contributed by atoms with Crippen molar-refractivity contribution in [3.8, 4) is 5.95 Å². The van der Waals surface area contributed by atoms with Gasteiger partial charge in [0.05, 0.1) is 0 Å². The minimum Gasteiger partial charge on any atom is -0.370 e. The van der Waals surface area contributed by atoms with Crippen molar-refractivity contribution >= 4 is 17.8 Å². The first kappa shape index (κ1) is 14.7. The Kier molecular flexibility index (Phi) is 5.02. The van der Waals surface area contributed by atoms with Crippen molar-refractivity contribution in [3.63, 3.8) is 0 Å². The summed E-state index contributed by atoms with van der Waals surface area (Å²) in [6, 6.07) is 1.78. The molecule has 4 N–H and O–H groups in total. The molecule has 9 nitrogen and oxygen atoms in total. The largest absolute Gasteiger partial charge is 0.370 e. The standard InChI is InChI=1S/C12H18N8O/c1-2-5-14-10-17-11(15-7-4-9(13)21)19-12(18-10)20-8-3-6-16-20/h3,6,8H,2,4-5,7H2,1H3,(H2,13,21)(H2,14,15,17,18,19). The molecule has 2 aromatic rings. The molecule has 0 atom stereocenters. The monoisotopic (exact) mass is 290 g/mol. The molecule has 21 heavy (non-hydrogen) atoms. The number of aromatic nitrogens is 5. The lowest BCUT2D eigenvalue weighted by Crippen LogP contribution is -2.18. The number of nitrogens with one attached hydrogen (secondary N) is 2. The highest BCUT2D eigenvalue weighted by Gasteiger charge is 2.08. The van der Waals surface area contributed by atoms with Gasteiger partial charge in [-0.2, -0.15) is 20.1 Å². The van der Waals surface area contributed by atoms with Crippen LogP contribution in [0.25, 0.3) is 5.95 Å². The van der Waals surface area contributed by atoms with Gasteiger partial charge in [-0.1, -0.05) is 6.92 Å². The van der Waals surface area contributed by atoms with Gasteiger partial charge in [0.25, 0.3) is 5.95 Å². The smallest absolute Gasteiger partial charge is 0.257 e. The van der Waals surface area contributed by atoms with Crippen LogP contribution >= 0.6 is 0 Å². The highest BCUT2D eigenvalue weighted by molar-refractivity contribution is 5.74. The van der Waals surface area contributed by atoms with E-state index >= 15 is 0 Å². The summed E-state index contributed by atoms with van der Waals surface area (Å²) in [7, 11) is 0. The first-order valence-corrected chi connectivity index (χ1v) is 6.71. The zero-order valence-electron chi connectivity index (χ0n) is 11.8. The van der Waals surface area contributed by atoms with Crippen LogP contribution in [0.5, 0.6) is 0 Å². The van der Waals surface area contributed by atoms with E-state index in [1.165, 1.54) is 4.68 Å². The number of carbonyl (C=O) groups is 1. The summed E-state index contributed by atoms with van der Waals surface area (Å²) >= 11 is 0. The van der Waals surface area contributed by atoms with Gasteiger partial charge in [0.2, 0.25) is 17.8 Å². The fourth-order valence-electron chi connectivity index (χ4n) is 1.55. The number of hydrogen-bond acceptors (Lipinski definition) is 7. The number of nitrogens with zero attached hydrogens (tertiary/aromatic N) is 5. The van der Waals surface area contributed by atoms with Crippen molar-refractivity contribution in [2.45, 2.75) is 19.8 Å². The molecule has 0 fully saturated rings. The predicted molar refractivity (Wildman–Crippen MR) is 78.0 cm³/mol. The number of primary amides is 1. The average molecular weight is 290 g/mol.